The van der Waals surface area contributed by atoms with Crippen LogP contribution in [0.2, 0.25) is 10.0 Å². The number of alkyl halides is 3. The number of hydrogen-bond acceptors (Lipinski definition) is 3. The van der Waals surface area contributed by atoms with Crippen molar-refractivity contribution < 1.29 is 31.5 Å². The third-order valence-corrected chi connectivity index (χ3v) is 4.48. The average molecular weight is 366 g/mol. The van der Waals surface area contributed by atoms with Crippen LogP contribution in [0.3, 0.4) is 0 Å². The van der Waals surface area contributed by atoms with E-state index in [1.54, 1.807) is 0 Å². The molecule has 1 atom stereocenters. The van der Waals surface area contributed by atoms with Crippen molar-refractivity contribution >= 4 is 39.2 Å². The third-order valence-electron chi connectivity index (χ3n) is 2.27. The molecule has 5 nitrogen and oxygen atoms in total. The maximum Gasteiger partial charge on any atom is 0.405 e. The number of nitrogens with one attached hydrogen (secondary N) is 1. The Morgan fingerprint density at radius 3 is 2.29 bits per heavy atom. The van der Waals surface area contributed by atoms with Gasteiger partial charge in [-0.1, -0.05) is 23.2 Å². The second kappa shape index (κ2) is 6.39. The molecule has 0 aromatic heterocycles. The Kier molecular flexibility index (Phi) is 5.48. The van der Waals surface area contributed by atoms with E-state index in [4.69, 9.17) is 28.3 Å². The molecule has 0 aliphatic carbocycles. The minimum absolute atomic E-state index is 0.0218. The van der Waals surface area contributed by atoms with E-state index in [0.717, 1.165) is 18.2 Å². The average Bonchev–Trinajstić information content (AvgIpc) is 2.29. The number of benzene rings is 1. The highest BCUT2D eigenvalue weighted by atomic mass is 35.5. The Labute approximate surface area is 127 Å². The molecule has 0 spiro atoms. The van der Waals surface area contributed by atoms with Gasteiger partial charge < -0.3 is 5.11 Å². The van der Waals surface area contributed by atoms with E-state index in [0.29, 0.717) is 0 Å². The summed E-state index contributed by atoms with van der Waals surface area (Å²) in [6.07, 6.45) is -6.49. The first kappa shape index (κ1) is 18.0. The maximum atomic E-state index is 12.6. The molecule has 11 heteroatoms. The lowest BCUT2D eigenvalue weighted by molar-refractivity contribution is -0.163. The van der Waals surface area contributed by atoms with Gasteiger partial charge >= 0.3 is 12.1 Å². The van der Waals surface area contributed by atoms with Crippen LogP contribution in [0.4, 0.5) is 13.2 Å². The second-order valence-electron chi connectivity index (χ2n) is 3.89. The maximum absolute atomic E-state index is 12.6. The normalized spacial score (nSPS) is 14.0. The Balaban J connectivity index is 3.11. The molecule has 118 valence electrons. The van der Waals surface area contributed by atoms with Crippen molar-refractivity contribution in [3.8, 4) is 0 Å². The largest absolute Gasteiger partial charge is 0.481 e. The van der Waals surface area contributed by atoms with Gasteiger partial charge in [0.25, 0.3) is 0 Å². The lowest BCUT2D eigenvalue weighted by Crippen LogP contribution is -2.46. The van der Waals surface area contributed by atoms with Crippen LogP contribution in [0, 0.1) is 0 Å². The smallest absolute Gasteiger partial charge is 0.405 e. The van der Waals surface area contributed by atoms with Crippen LogP contribution in [0.15, 0.2) is 23.1 Å². The van der Waals surface area contributed by atoms with Gasteiger partial charge in [-0.2, -0.15) is 17.9 Å². The Bertz CT molecular complexity index is 648. The molecule has 1 rings (SSSR count). The molecular formula is C10H8Cl2F3NO4S. The molecule has 0 saturated carbocycles. The van der Waals surface area contributed by atoms with Crippen molar-refractivity contribution in [2.45, 2.75) is 23.5 Å². The van der Waals surface area contributed by atoms with E-state index < -0.39 is 39.5 Å². The number of aliphatic carboxylic acids is 1. The molecule has 0 unspecified atom stereocenters. The summed E-state index contributed by atoms with van der Waals surface area (Å²) in [5.74, 6) is -1.80. The molecular weight excluding hydrogens is 358 g/mol. The van der Waals surface area contributed by atoms with Crippen LogP contribution in [0.25, 0.3) is 0 Å². The summed E-state index contributed by atoms with van der Waals surface area (Å²) in [6.45, 7) is 0. The zero-order valence-electron chi connectivity index (χ0n) is 9.99. The zero-order valence-corrected chi connectivity index (χ0v) is 12.3. The number of carbonyl (C=O) groups is 1. The summed E-state index contributed by atoms with van der Waals surface area (Å²) in [7, 11) is -4.60. The first-order valence-corrected chi connectivity index (χ1v) is 7.43. The van der Waals surface area contributed by atoms with Crippen molar-refractivity contribution in [3.05, 3.63) is 28.2 Å². The lowest BCUT2D eigenvalue weighted by Gasteiger charge is -2.20. The Morgan fingerprint density at radius 1 is 1.29 bits per heavy atom. The monoisotopic (exact) mass is 365 g/mol. The van der Waals surface area contributed by atoms with Crippen molar-refractivity contribution in [2.24, 2.45) is 0 Å². The Hall–Kier alpha value is -1.03. The number of sulfonamides is 1. The van der Waals surface area contributed by atoms with E-state index in [1.807, 2.05) is 0 Å². The summed E-state index contributed by atoms with van der Waals surface area (Å²) in [5.41, 5.74) is 0. The molecule has 0 heterocycles. The van der Waals surface area contributed by atoms with Gasteiger partial charge in [-0.3, -0.25) is 4.79 Å². The highest BCUT2D eigenvalue weighted by Crippen LogP contribution is 2.27. The topological polar surface area (TPSA) is 83.5 Å². The van der Waals surface area contributed by atoms with Crippen LogP contribution in [-0.2, 0) is 14.8 Å². The van der Waals surface area contributed by atoms with Gasteiger partial charge in [-0.25, -0.2) is 8.42 Å². The Morgan fingerprint density at radius 2 is 1.86 bits per heavy atom. The van der Waals surface area contributed by atoms with Gasteiger partial charge in [0.1, 0.15) is 6.04 Å². The predicted molar refractivity (Wildman–Crippen MR) is 68.9 cm³/mol. The first-order chi connectivity index (χ1) is 9.43. The molecule has 0 fully saturated rings. The number of hydrogen-bond donors (Lipinski definition) is 2. The highest BCUT2D eigenvalue weighted by molar-refractivity contribution is 7.89. The standard InChI is InChI=1S/C10H8Cl2F3NO4S/c11-6-2-1-5(3-7(6)12)21(19,20)16-8(4-9(17)18)10(13,14)15/h1-3,8,16H,4H2,(H,17,18)/t8-/m1/s1. The van der Waals surface area contributed by atoms with Gasteiger partial charge in [-0.15, -0.1) is 0 Å². The van der Waals surface area contributed by atoms with Gasteiger partial charge in [-0.05, 0) is 18.2 Å². The summed E-state index contributed by atoms with van der Waals surface area (Å²) < 4.78 is 62.8. The fourth-order valence-corrected chi connectivity index (χ4v) is 2.91. The molecule has 2 N–H and O–H groups in total. The van der Waals surface area contributed by atoms with E-state index in [1.165, 1.54) is 4.72 Å². The number of rotatable bonds is 5. The zero-order chi connectivity index (χ0) is 16.4. The lowest BCUT2D eigenvalue weighted by atomic mass is 10.2. The van der Waals surface area contributed by atoms with E-state index in [2.05, 4.69) is 0 Å². The van der Waals surface area contributed by atoms with Crippen LogP contribution < -0.4 is 4.72 Å². The fourth-order valence-electron chi connectivity index (χ4n) is 1.30. The molecule has 0 saturated heterocycles. The van der Waals surface area contributed by atoms with Crippen molar-refractivity contribution in [1.29, 1.82) is 0 Å². The van der Waals surface area contributed by atoms with Gasteiger partial charge in [0.2, 0.25) is 10.0 Å². The van der Waals surface area contributed by atoms with Gasteiger partial charge in [0, 0.05) is 0 Å². The predicted octanol–water partition coefficient (Wildman–Crippen LogP) is 2.68. The quantitative estimate of drug-likeness (QED) is 0.840. The molecule has 0 radical (unpaired) electrons. The molecule has 1 aromatic carbocycles. The molecule has 0 aliphatic rings. The summed E-state index contributed by atoms with van der Waals surface area (Å²) in [4.78, 5) is 9.85. The molecule has 0 amide bonds. The molecule has 1 aromatic rings. The van der Waals surface area contributed by atoms with Crippen LogP contribution >= 0.6 is 23.2 Å². The van der Waals surface area contributed by atoms with Crippen molar-refractivity contribution in [1.82, 2.24) is 4.72 Å². The van der Waals surface area contributed by atoms with Gasteiger partial charge in [0.15, 0.2) is 0 Å². The summed E-state index contributed by atoms with van der Waals surface area (Å²) >= 11 is 11.2. The number of carboxylic acid groups (broad SMARTS) is 1. The SMILES string of the molecule is O=C(O)C[C@@H](NS(=O)(=O)c1ccc(Cl)c(Cl)c1)C(F)(F)F. The molecule has 0 aliphatic heterocycles. The summed E-state index contributed by atoms with van der Waals surface area (Å²) in [5, 5.41) is 8.28. The minimum atomic E-state index is -5.05. The van der Waals surface area contributed by atoms with E-state index in [-0.39, 0.29) is 10.0 Å². The molecule has 0 bridgehead atoms. The molecule has 21 heavy (non-hydrogen) atoms. The van der Waals surface area contributed by atoms with Gasteiger partial charge in [0.05, 0.1) is 21.4 Å². The van der Waals surface area contributed by atoms with Crippen molar-refractivity contribution in [2.75, 3.05) is 0 Å². The summed E-state index contributed by atoms with van der Waals surface area (Å²) in [6, 6.07) is 0.151. The minimum Gasteiger partial charge on any atom is -0.481 e. The second-order valence-corrected chi connectivity index (χ2v) is 6.42. The number of carboxylic acids is 1. The first-order valence-electron chi connectivity index (χ1n) is 5.19. The van der Waals surface area contributed by atoms with E-state index in [9.17, 15) is 26.4 Å². The fraction of sp³-hybridized carbons (Fsp3) is 0.300. The third kappa shape index (κ3) is 5.03. The van der Waals surface area contributed by atoms with E-state index >= 15 is 0 Å². The number of halogens is 5. The van der Waals surface area contributed by atoms with Crippen LogP contribution in [-0.4, -0.2) is 31.7 Å². The van der Waals surface area contributed by atoms with Crippen molar-refractivity contribution in [3.63, 3.8) is 0 Å². The van der Waals surface area contributed by atoms with Crippen LogP contribution in [0.5, 0.6) is 0 Å². The highest BCUT2D eigenvalue weighted by Gasteiger charge is 2.43. The van der Waals surface area contributed by atoms with Crippen LogP contribution in [0.1, 0.15) is 6.42 Å².